The maximum atomic E-state index is 9.96. The summed E-state index contributed by atoms with van der Waals surface area (Å²) in [7, 11) is 1.49. The molecule has 0 unspecified atom stereocenters. The maximum Gasteiger partial charge on any atom is 0.172 e. The van der Waals surface area contributed by atoms with E-state index in [1.54, 1.807) is 18.2 Å². The Morgan fingerprint density at radius 1 is 1.31 bits per heavy atom. The Hall–Kier alpha value is -2.62. The van der Waals surface area contributed by atoms with Crippen molar-refractivity contribution in [2.45, 2.75) is 20.3 Å². The van der Waals surface area contributed by atoms with E-state index in [0.717, 1.165) is 23.2 Å². The molecule has 148 valence electrons. The van der Waals surface area contributed by atoms with Crippen LogP contribution in [0.25, 0.3) is 22.9 Å². The minimum Gasteiger partial charge on any atom is -0.503 e. The number of benzene rings is 2. The van der Waals surface area contributed by atoms with Crippen LogP contribution in [0.1, 0.15) is 30.0 Å². The molecule has 0 aliphatic heterocycles. The number of allylic oxidation sites excluding steroid dienone is 1. The van der Waals surface area contributed by atoms with Gasteiger partial charge >= 0.3 is 0 Å². The predicted octanol–water partition coefficient (Wildman–Crippen LogP) is 6.55. The Morgan fingerprint density at radius 3 is 2.66 bits per heavy atom. The predicted molar refractivity (Wildman–Crippen MR) is 122 cm³/mol. The van der Waals surface area contributed by atoms with Crippen molar-refractivity contribution in [2.75, 3.05) is 7.11 Å². The molecule has 0 fully saturated rings. The smallest absolute Gasteiger partial charge is 0.172 e. The lowest BCUT2D eigenvalue weighted by molar-refractivity contribution is 0.372. The number of aromatic nitrogens is 1. The number of hydrogen-bond acceptors (Lipinski definition) is 5. The van der Waals surface area contributed by atoms with Crippen LogP contribution in [0.4, 0.5) is 0 Å². The number of halogens is 1. The van der Waals surface area contributed by atoms with Gasteiger partial charge in [-0.05, 0) is 57.6 Å². The van der Waals surface area contributed by atoms with Gasteiger partial charge in [-0.2, -0.15) is 5.26 Å². The Balaban J connectivity index is 1.89. The number of nitriles is 1. The molecule has 29 heavy (non-hydrogen) atoms. The van der Waals surface area contributed by atoms with Gasteiger partial charge < -0.3 is 9.84 Å². The monoisotopic (exact) mass is 468 g/mol. The van der Waals surface area contributed by atoms with Crippen molar-refractivity contribution in [1.29, 1.82) is 5.26 Å². The molecule has 0 aliphatic carbocycles. The van der Waals surface area contributed by atoms with E-state index in [0.29, 0.717) is 26.7 Å². The van der Waals surface area contributed by atoms with E-state index in [1.807, 2.05) is 5.38 Å². The molecule has 0 amide bonds. The highest BCUT2D eigenvalue weighted by molar-refractivity contribution is 9.10. The summed E-state index contributed by atoms with van der Waals surface area (Å²) in [4.78, 5) is 4.66. The number of methoxy groups -OCH3 is 1. The van der Waals surface area contributed by atoms with Crippen molar-refractivity contribution in [3.8, 4) is 28.8 Å². The summed E-state index contributed by atoms with van der Waals surface area (Å²) >= 11 is 4.74. The van der Waals surface area contributed by atoms with Crippen molar-refractivity contribution in [2.24, 2.45) is 5.92 Å². The van der Waals surface area contributed by atoms with E-state index in [9.17, 15) is 10.4 Å². The van der Waals surface area contributed by atoms with Gasteiger partial charge in [-0.3, -0.25) is 0 Å². The standard InChI is InChI=1S/C23H21BrN2O2S/c1-14(2)8-15-4-6-17(7-5-15)20-13-29-23(26-20)18(12-25)9-16-10-19(24)22(27)21(11-16)28-3/h4-7,9-11,13-14,27H,8H2,1-3H3/b18-9+. The summed E-state index contributed by atoms with van der Waals surface area (Å²) in [5.41, 5.74) is 4.39. The van der Waals surface area contributed by atoms with Crippen LogP contribution in [0.2, 0.25) is 0 Å². The minimum atomic E-state index is 0.0283. The molecule has 2 aromatic carbocycles. The molecule has 3 rings (SSSR count). The Bertz CT molecular complexity index is 1080. The van der Waals surface area contributed by atoms with E-state index in [4.69, 9.17) is 4.74 Å². The molecule has 0 radical (unpaired) electrons. The van der Waals surface area contributed by atoms with E-state index in [2.05, 4.69) is 65.1 Å². The van der Waals surface area contributed by atoms with Gasteiger partial charge in [-0.15, -0.1) is 11.3 Å². The molecule has 0 saturated heterocycles. The number of nitrogens with zero attached hydrogens (tertiary/aromatic N) is 2. The first-order chi connectivity index (χ1) is 13.9. The first kappa shape index (κ1) is 21.1. The number of hydrogen-bond donors (Lipinski definition) is 1. The fraction of sp³-hybridized carbons (Fsp3) is 0.217. The highest BCUT2D eigenvalue weighted by atomic mass is 79.9. The molecule has 0 bridgehead atoms. The van der Waals surface area contributed by atoms with Crippen LogP contribution in [-0.4, -0.2) is 17.2 Å². The third-order valence-corrected chi connectivity index (χ3v) is 5.81. The zero-order chi connectivity index (χ0) is 21.0. The van der Waals surface area contributed by atoms with Gasteiger partial charge in [0.15, 0.2) is 11.5 Å². The number of aromatic hydroxyl groups is 1. The SMILES string of the molecule is COc1cc(/C=C(\C#N)c2nc(-c3ccc(CC(C)C)cc3)cs2)cc(Br)c1O. The highest BCUT2D eigenvalue weighted by Crippen LogP contribution is 2.36. The van der Waals surface area contributed by atoms with Gasteiger partial charge in [0.05, 0.1) is 22.8 Å². The van der Waals surface area contributed by atoms with Gasteiger partial charge in [0.2, 0.25) is 0 Å². The number of rotatable bonds is 6. The van der Waals surface area contributed by atoms with Crippen molar-refractivity contribution in [3.63, 3.8) is 0 Å². The lowest BCUT2D eigenvalue weighted by Gasteiger charge is -2.06. The normalized spacial score (nSPS) is 11.5. The van der Waals surface area contributed by atoms with E-state index in [-0.39, 0.29) is 5.75 Å². The second-order valence-electron chi connectivity index (χ2n) is 7.06. The molecular formula is C23H21BrN2O2S. The van der Waals surface area contributed by atoms with E-state index >= 15 is 0 Å². The summed E-state index contributed by atoms with van der Waals surface area (Å²) in [6.07, 6.45) is 2.79. The average molecular weight is 469 g/mol. The third-order valence-electron chi connectivity index (χ3n) is 4.33. The van der Waals surface area contributed by atoms with Crippen LogP contribution in [0.3, 0.4) is 0 Å². The summed E-state index contributed by atoms with van der Waals surface area (Å²) in [5, 5.41) is 22.2. The van der Waals surface area contributed by atoms with E-state index < -0.39 is 0 Å². The summed E-state index contributed by atoms with van der Waals surface area (Å²) in [6.45, 7) is 4.41. The van der Waals surface area contributed by atoms with Crippen LogP contribution < -0.4 is 4.74 Å². The average Bonchev–Trinajstić information content (AvgIpc) is 3.18. The zero-order valence-corrected chi connectivity index (χ0v) is 18.8. The van der Waals surface area contributed by atoms with Crippen LogP contribution in [-0.2, 0) is 6.42 Å². The first-order valence-corrected chi connectivity index (χ1v) is 10.8. The molecule has 1 N–H and O–H groups in total. The third kappa shape index (κ3) is 5.06. The van der Waals surface area contributed by atoms with Crippen molar-refractivity contribution < 1.29 is 9.84 Å². The molecule has 0 saturated carbocycles. The van der Waals surface area contributed by atoms with Gasteiger partial charge in [0.1, 0.15) is 11.1 Å². The molecule has 0 aliphatic rings. The molecule has 4 nitrogen and oxygen atoms in total. The maximum absolute atomic E-state index is 9.96. The molecular weight excluding hydrogens is 448 g/mol. The Kier molecular flexibility index (Phi) is 6.73. The summed E-state index contributed by atoms with van der Waals surface area (Å²) in [6, 6.07) is 14.1. The van der Waals surface area contributed by atoms with Gasteiger partial charge in [-0.1, -0.05) is 38.1 Å². The van der Waals surface area contributed by atoms with Crippen LogP contribution in [0.5, 0.6) is 11.5 Å². The lowest BCUT2D eigenvalue weighted by atomic mass is 10.0. The number of thiazole rings is 1. The van der Waals surface area contributed by atoms with Crippen LogP contribution in [0, 0.1) is 17.2 Å². The molecule has 0 atom stereocenters. The second-order valence-corrected chi connectivity index (χ2v) is 8.77. The summed E-state index contributed by atoms with van der Waals surface area (Å²) in [5.74, 6) is 0.985. The minimum absolute atomic E-state index is 0.0283. The van der Waals surface area contributed by atoms with Gasteiger partial charge in [0, 0.05) is 10.9 Å². The lowest BCUT2D eigenvalue weighted by Crippen LogP contribution is -1.93. The quantitative estimate of drug-likeness (QED) is 0.416. The van der Waals surface area contributed by atoms with Gasteiger partial charge in [-0.25, -0.2) is 4.98 Å². The number of phenols is 1. The fourth-order valence-electron chi connectivity index (χ4n) is 2.95. The summed E-state index contributed by atoms with van der Waals surface area (Å²) < 4.78 is 5.68. The Morgan fingerprint density at radius 2 is 2.03 bits per heavy atom. The van der Waals surface area contributed by atoms with Crippen molar-refractivity contribution >= 4 is 38.9 Å². The number of ether oxygens (including phenoxy) is 1. The van der Waals surface area contributed by atoms with Crippen LogP contribution in [0.15, 0.2) is 46.3 Å². The van der Waals surface area contributed by atoms with Crippen molar-refractivity contribution in [1.82, 2.24) is 4.98 Å². The molecule has 1 heterocycles. The van der Waals surface area contributed by atoms with Gasteiger partial charge in [0.25, 0.3) is 0 Å². The van der Waals surface area contributed by atoms with Crippen LogP contribution >= 0.6 is 27.3 Å². The second kappa shape index (κ2) is 9.25. The molecule has 1 aromatic heterocycles. The van der Waals surface area contributed by atoms with E-state index in [1.165, 1.54) is 24.0 Å². The van der Waals surface area contributed by atoms with Crippen molar-refractivity contribution in [3.05, 3.63) is 62.4 Å². The number of phenolic OH excluding ortho intramolecular Hbond substituents is 1. The Labute approximate surface area is 183 Å². The largest absolute Gasteiger partial charge is 0.503 e. The topological polar surface area (TPSA) is 66.1 Å². The fourth-order valence-corrected chi connectivity index (χ4v) is 4.21. The molecule has 6 heteroatoms. The first-order valence-electron chi connectivity index (χ1n) is 9.14. The highest BCUT2D eigenvalue weighted by Gasteiger charge is 2.12. The molecule has 0 spiro atoms. The zero-order valence-electron chi connectivity index (χ0n) is 16.4. The molecule has 3 aromatic rings.